The largest absolute Gasteiger partial charge is 0.374 e. The van der Waals surface area contributed by atoms with E-state index in [0.717, 1.165) is 16.6 Å². The van der Waals surface area contributed by atoms with Crippen LogP contribution in [0.2, 0.25) is 0 Å². The first-order chi connectivity index (χ1) is 8.86. The Hall–Kier alpha value is -0.230. The minimum Gasteiger partial charge on any atom is -0.374 e. The van der Waals surface area contributed by atoms with Gasteiger partial charge in [0.1, 0.15) is 6.10 Å². The fourth-order valence-corrected chi connectivity index (χ4v) is 3.87. The van der Waals surface area contributed by atoms with Crippen molar-refractivity contribution in [3.8, 4) is 0 Å². The van der Waals surface area contributed by atoms with Crippen LogP contribution in [0, 0.1) is 5.92 Å². The van der Waals surface area contributed by atoms with Gasteiger partial charge in [-0.05, 0) is 60.8 Å². The Labute approximate surface area is 130 Å². The lowest BCUT2D eigenvalue weighted by atomic mass is 9.96. The molecule has 2 atom stereocenters. The smallest absolute Gasteiger partial charge is 0.163 e. The van der Waals surface area contributed by atoms with Gasteiger partial charge in [0.05, 0.1) is 9.76 Å². The Bertz CT molecular complexity index is 399. The number of rotatable bonds is 5. The maximum atomic E-state index is 11.9. The molecule has 0 saturated heterocycles. The summed E-state index contributed by atoms with van der Waals surface area (Å²) in [4.78, 5) is 16.7. The van der Waals surface area contributed by atoms with Crippen molar-refractivity contribution in [3.63, 3.8) is 0 Å². The molecule has 0 amide bonds. The summed E-state index contributed by atoms with van der Waals surface area (Å²) in [7, 11) is 1.57. The lowest BCUT2D eigenvalue weighted by Crippen LogP contribution is -2.23. The van der Waals surface area contributed by atoms with E-state index in [1.54, 1.807) is 14.0 Å². The molecule has 4 heteroatoms. The molecule has 0 spiro atoms. The van der Waals surface area contributed by atoms with Crippen molar-refractivity contribution in [1.82, 2.24) is 0 Å². The standard InChI is InChI=1S/C15H24INO2/c1-9(2)14-10(3)6-7-12(17-15(14)16)8-13(18)11(4)19-5/h9,11-12H,6-8H2,1-5H3. The van der Waals surface area contributed by atoms with Crippen LogP contribution in [0.4, 0.5) is 0 Å². The van der Waals surface area contributed by atoms with Gasteiger partial charge in [-0.3, -0.25) is 9.79 Å². The number of halogens is 1. The molecule has 1 rings (SSSR count). The summed E-state index contributed by atoms with van der Waals surface area (Å²) in [6.07, 6.45) is 2.15. The third kappa shape index (κ3) is 4.67. The summed E-state index contributed by atoms with van der Waals surface area (Å²) in [5.41, 5.74) is 2.77. The molecule has 19 heavy (non-hydrogen) atoms. The lowest BCUT2D eigenvalue weighted by Gasteiger charge is -2.13. The molecule has 0 aromatic rings. The maximum Gasteiger partial charge on any atom is 0.163 e. The van der Waals surface area contributed by atoms with E-state index in [9.17, 15) is 4.79 Å². The molecule has 1 heterocycles. The summed E-state index contributed by atoms with van der Waals surface area (Å²) in [5.74, 6) is 0.633. The second-order valence-electron chi connectivity index (χ2n) is 5.51. The van der Waals surface area contributed by atoms with E-state index in [1.165, 1.54) is 11.1 Å². The first-order valence-corrected chi connectivity index (χ1v) is 7.93. The molecule has 0 aromatic heterocycles. The van der Waals surface area contributed by atoms with Crippen LogP contribution < -0.4 is 0 Å². The average Bonchev–Trinajstić information content (AvgIpc) is 2.47. The van der Waals surface area contributed by atoms with Crippen molar-refractivity contribution in [3.05, 3.63) is 11.1 Å². The third-order valence-corrected chi connectivity index (χ3v) is 4.51. The van der Waals surface area contributed by atoms with Crippen molar-refractivity contribution in [2.75, 3.05) is 7.11 Å². The van der Waals surface area contributed by atoms with E-state index in [-0.39, 0.29) is 17.9 Å². The molecule has 0 bridgehead atoms. The van der Waals surface area contributed by atoms with Gasteiger partial charge in [0.15, 0.2) is 5.78 Å². The monoisotopic (exact) mass is 377 g/mol. The fraction of sp³-hybridized carbons (Fsp3) is 0.733. The van der Waals surface area contributed by atoms with E-state index in [2.05, 4.69) is 43.4 Å². The van der Waals surface area contributed by atoms with E-state index >= 15 is 0 Å². The Morgan fingerprint density at radius 1 is 1.47 bits per heavy atom. The van der Waals surface area contributed by atoms with Gasteiger partial charge in [0.25, 0.3) is 0 Å². The van der Waals surface area contributed by atoms with E-state index < -0.39 is 0 Å². The molecule has 0 aromatic carbocycles. The van der Waals surface area contributed by atoms with E-state index in [0.29, 0.717) is 12.3 Å². The molecule has 0 saturated carbocycles. The number of hydrogen-bond acceptors (Lipinski definition) is 3. The molecule has 3 nitrogen and oxygen atoms in total. The topological polar surface area (TPSA) is 38.7 Å². The number of allylic oxidation sites excluding steroid dienone is 2. The predicted octanol–water partition coefficient (Wildman–Crippen LogP) is 3.95. The second-order valence-corrected chi connectivity index (χ2v) is 6.53. The highest BCUT2D eigenvalue weighted by Crippen LogP contribution is 2.29. The molecule has 2 unspecified atom stereocenters. The van der Waals surface area contributed by atoms with Gasteiger partial charge in [-0.2, -0.15) is 0 Å². The SMILES string of the molecule is COC(C)C(=O)CC1CCC(C)=C(C(C)C)C(I)=N1. The predicted molar refractivity (Wildman–Crippen MR) is 88.1 cm³/mol. The number of methoxy groups -OCH3 is 1. The summed E-state index contributed by atoms with van der Waals surface area (Å²) in [6, 6.07) is 0.100. The van der Waals surface area contributed by atoms with E-state index in [1.807, 2.05) is 0 Å². The summed E-state index contributed by atoms with van der Waals surface area (Å²) < 4.78 is 6.16. The second kappa shape index (κ2) is 7.53. The molecule has 0 radical (unpaired) electrons. The first-order valence-electron chi connectivity index (χ1n) is 6.85. The van der Waals surface area contributed by atoms with Crippen LogP contribution in [0.25, 0.3) is 0 Å². The normalized spacial score (nSPS) is 22.3. The van der Waals surface area contributed by atoms with Gasteiger partial charge in [-0.15, -0.1) is 0 Å². The number of Topliss-reactive ketones (excluding diaryl/α,β-unsaturated/α-hetero) is 1. The van der Waals surface area contributed by atoms with Crippen LogP contribution in [-0.4, -0.2) is 28.8 Å². The van der Waals surface area contributed by atoms with E-state index in [4.69, 9.17) is 9.73 Å². The first kappa shape index (κ1) is 16.8. The number of carbonyl (C=O) groups is 1. The van der Waals surface area contributed by atoms with Crippen molar-refractivity contribution < 1.29 is 9.53 Å². The van der Waals surface area contributed by atoms with Crippen LogP contribution >= 0.6 is 22.6 Å². The molecular formula is C15H24INO2. The fourth-order valence-electron chi connectivity index (χ4n) is 2.40. The minimum atomic E-state index is -0.324. The quantitative estimate of drug-likeness (QED) is 0.681. The van der Waals surface area contributed by atoms with Gasteiger partial charge in [-0.25, -0.2) is 0 Å². The Morgan fingerprint density at radius 2 is 2.11 bits per heavy atom. The van der Waals surface area contributed by atoms with Gasteiger partial charge < -0.3 is 4.74 Å². The number of nitrogens with zero attached hydrogens (tertiary/aromatic N) is 1. The minimum absolute atomic E-state index is 0.100. The van der Waals surface area contributed by atoms with Gasteiger partial charge in [0, 0.05) is 13.5 Å². The van der Waals surface area contributed by atoms with Gasteiger partial charge in [-0.1, -0.05) is 19.4 Å². The Balaban J connectivity index is 2.81. The zero-order chi connectivity index (χ0) is 14.6. The zero-order valence-corrected chi connectivity index (χ0v) is 14.7. The van der Waals surface area contributed by atoms with Crippen LogP contribution in [0.5, 0.6) is 0 Å². The molecule has 0 aliphatic carbocycles. The number of hydrogen-bond donors (Lipinski definition) is 0. The Kier molecular flexibility index (Phi) is 6.66. The van der Waals surface area contributed by atoms with Crippen molar-refractivity contribution >= 4 is 32.1 Å². The van der Waals surface area contributed by atoms with Crippen molar-refractivity contribution in [1.29, 1.82) is 0 Å². The van der Waals surface area contributed by atoms with Crippen LogP contribution in [-0.2, 0) is 9.53 Å². The van der Waals surface area contributed by atoms with Crippen LogP contribution in [0.3, 0.4) is 0 Å². The molecule has 1 aliphatic rings. The van der Waals surface area contributed by atoms with Crippen molar-refractivity contribution in [2.45, 2.75) is 59.1 Å². The number of carbonyl (C=O) groups excluding carboxylic acids is 1. The molecule has 108 valence electrons. The third-order valence-electron chi connectivity index (χ3n) is 3.65. The van der Waals surface area contributed by atoms with Crippen LogP contribution in [0.15, 0.2) is 16.1 Å². The Morgan fingerprint density at radius 3 is 2.63 bits per heavy atom. The zero-order valence-electron chi connectivity index (χ0n) is 12.5. The molecule has 0 fully saturated rings. The highest BCUT2D eigenvalue weighted by atomic mass is 127. The summed E-state index contributed by atoms with van der Waals surface area (Å²) in [5, 5.41) is 0. The molecule has 0 N–H and O–H groups in total. The molecule has 1 aliphatic heterocycles. The van der Waals surface area contributed by atoms with Gasteiger partial charge >= 0.3 is 0 Å². The maximum absolute atomic E-state index is 11.9. The number of ether oxygens (including phenoxy) is 1. The highest BCUT2D eigenvalue weighted by Gasteiger charge is 2.23. The summed E-state index contributed by atoms with van der Waals surface area (Å²) >= 11 is 2.31. The lowest BCUT2D eigenvalue weighted by molar-refractivity contribution is -0.128. The number of aliphatic imine (C=N–C) groups is 1. The summed E-state index contributed by atoms with van der Waals surface area (Å²) in [6.45, 7) is 8.39. The molecular weight excluding hydrogens is 353 g/mol. The number of ketones is 1. The van der Waals surface area contributed by atoms with Crippen LogP contribution in [0.1, 0.15) is 47.0 Å². The average molecular weight is 377 g/mol. The van der Waals surface area contributed by atoms with Gasteiger partial charge in [0.2, 0.25) is 0 Å². The highest BCUT2D eigenvalue weighted by molar-refractivity contribution is 14.1. The van der Waals surface area contributed by atoms with Crippen molar-refractivity contribution in [2.24, 2.45) is 10.9 Å².